The number of nitrogens with zero attached hydrogens (tertiary/aromatic N) is 1. The Bertz CT molecular complexity index is 1350. The van der Waals surface area contributed by atoms with Gasteiger partial charge in [0.15, 0.2) is 17.3 Å². The summed E-state index contributed by atoms with van der Waals surface area (Å²) in [6.07, 6.45) is 2.60. The molecular weight excluding hydrogens is 470 g/mol. The van der Waals surface area contributed by atoms with Crippen LogP contribution in [0, 0.1) is 6.92 Å². The lowest BCUT2D eigenvalue weighted by molar-refractivity contribution is 0.0953. The van der Waals surface area contributed by atoms with E-state index in [9.17, 15) is 4.79 Å². The molecule has 0 saturated carbocycles. The topological polar surface area (TPSA) is 66.5 Å². The average molecular weight is 502 g/mol. The van der Waals surface area contributed by atoms with Crippen LogP contribution in [-0.2, 0) is 13.0 Å². The van der Waals surface area contributed by atoms with Gasteiger partial charge in [-0.15, -0.1) is 0 Å². The van der Waals surface area contributed by atoms with Crippen molar-refractivity contribution < 1.29 is 28.5 Å². The number of rotatable bonds is 8. The molecule has 37 heavy (non-hydrogen) atoms. The fraction of sp³-hybridized carbons (Fsp3) is 0.300. The molecule has 3 aromatic rings. The van der Waals surface area contributed by atoms with Crippen molar-refractivity contribution in [1.82, 2.24) is 4.90 Å². The lowest BCUT2D eigenvalue weighted by Crippen LogP contribution is -2.34. The summed E-state index contributed by atoms with van der Waals surface area (Å²) in [5, 5.41) is 0. The monoisotopic (exact) mass is 501 g/mol. The summed E-state index contributed by atoms with van der Waals surface area (Å²) in [5.41, 5.74) is 4.46. The second-order valence-corrected chi connectivity index (χ2v) is 9.07. The molecule has 2 aliphatic heterocycles. The highest BCUT2D eigenvalue weighted by Crippen LogP contribution is 2.43. The third kappa shape index (κ3) is 5.00. The van der Waals surface area contributed by atoms with Crippen LogP contribution in [0.3, 0.4) is 0 Å². The Morgan fingerprint density at radius 3 is 2.51 bits per heavy atom. The number of Topliss-reactive ketones (excluding diaryl/α,β-unsaturated/α-hetero) is 1. The van der Waals surface area contributed by atoms with Crippen LogP contribution in [0.25, 0.3) is 6.08 Å². The molecule has 0 spiro atoms. The van der Waals surface area contributed by atoms with Crippen molar-refractivity contribution in [3.8, 4) is 28.7 Å². The summed E-state index contributed by atoms with van der Waals surface area (Å²) in [5.74, 6) is 3.82. The first kappa shape index (κ1) is 24.7. The van der Waals surface area contributed by atoms with E-state index in [4.69, 9.17) is 23.7 Å². The molecule has 5 rings (SSSR count). The third-order valence-corrected chi connectivity index (χ3v) is 6.66. The summed E-state index contributed by atoms with van der Waals surface area (Å²) in [6.45, 7) is 6.48. The molecule has 0 bridgehead atoms. The smallest absolute Gasteiger partial charge is 0.231 e. The van der Waals surface area contributed by atoms with Crippen LogP contribution in [0.1, 0.15) is 39.5 Å². The number of ether oxygens (including phenoxy) is 5. The maximum atomic E-state index is 13.2. The van der Waals surface area contributed by atoms with Gasteiger partial charge in [0.05, 0.1) is 26.4 Å². The van der Waals surface area contributed by atoms with E-state index in [0.29, 0.717) is 42.7 Å². The largest absolute Gasteiger partial charge is 0.494 e. The van der Waals surface area contributed by atoms with Gasteiger partial charge in [0, 0.05) is 24.2 Å². The standard InChI is InChI=1S/C30H31NO6/c1-5-35-23-9-6-20(7-10-23)15-27-28(32)24-16-22-17-31(18-36-29(22)19(2)30(24)37-27)13-12-21-8-11-25(33-3)26(14-21)34-4/h6-11,14-16H,5,12-13,17-18H2,1-4H3/b27-15-. The fourth-order valence-electron chi connectivity index (χ4n) is 4.74. The quantitative estimate of drug-likeness (QED) is 0.382. The van der Waals surface area contributed by atoms with E-state index in [1.165, 1.54) is 0 Å². The minimum atomic E-state index is -0.114. The lowest BCUT2D eigenvalue weighted by atomic mass is 10.00. The molecule has 192 valence electrons. The van der Waals surface area contributed by atoms with Gasteiger partial charge >= 0.3 is 0 Å². The second-order valence-electron chi connectivity index (χ2n) is 9.07. The van der Waals surface area contributed by atoms with Crippen LogP contribution in [0.4, 0.5) is 0 Å². The molecule has 0 amide bonds. The number of benzene rings is 3. The lowest BCUT2D eigenvalue weighted by Gasteiger charge is -2.30. The van der Waals surface area contributed by atoms with Crippen LogP contribution in [0.2, 0.25) is 0 Å². The molecule has 0 atom stereocenters. The number of allylic oxidation sites excluding steroid dienone is 1. The van der Waals surface area contributed by atoms with Gasteiger partial charge < -0.3 is 23.7 Å². The zero-order chi connectivity index (χ0) is 25.9. The van der Waals surface area contributed by atoms with Crippen LogP contribution in [0.15, 0.2) is 54.3 Å². The van der Waals surface area contributed by atoms with Crippen molar-refractivity contribution in [3.63, 3.8) is 0 Å². The molecule has 0 fully saturated rings. The van der Waals surface area contributed by atoms with Gasteiger partial charge in [-0.1, -0.05) is 18.2 Å². The molecule has 2 aliphatic rings. The number of methoxy groups -OCH3 is 2. The van der Waals surface area contributed by atoms with Crippen molar-refractivity contribution >= 4 is 11.9 Å². The molecule has 0 N–H and O–H groups in total. The first-order valence-corrected chi connectivity index (χ1v) is 12.4. The van der Waals surface area contributed by atoms with Crippen LogP contribution < -0.4 is 23.7 Å². The average Bonchev–Trinajstić information content (AvgIpc) is 3.23. The summed E-state index contributed by atoms with van der Waals surface area (Å²) >= 11 is 0. The number of ketones is 1. The van der Waals surface area contributed by atoms with E-state index in [0.717, 1.165) is 52.5 Å². The Labute approximate surface area is 217 Å². The van der Waals surface area contributed by atoms with E-state index in [1.807, 2.05) is 62.4 Å². The SMILES string of the molecule is CCOc1ccc(/C=C2\Oc3c(cc4c(c3C)OCN(CCc3ccc(OC)c(OC)c3)C4)C2=O)cc1. The Hall–Kier alpha value is -3.97. The van der Waals surface area contributed by atoms with E-state index < -0.39 is 0 Å². The first-order valence-electron chi connectivity index (χ1n) is 12.4. The van der Waals surface area contributed by atoms with E-state index in [2.05, 4.69) is 4.90 Å². The van der Waals surface area contributed by atoms with Gasteiger partial charge in [-0.05, 0) is 67.8 Å². The second kappa shape index (κ2) is 10.6. The highest BCUT2D eigenvalue weighted by Gasteiger charge is 2.33. The summed E-state index contributed by atoms with van der Waals surface area (Å²) in [6, 6.07) is 15.5. The molecule has 7 nitrogen and oxygen atoms in total. The van der Waals surface area contributed by atoms with Crippen LogP contribution in [0.5, 0.6) is 28.7 Å². The third-order valence-electron chi connectivity index (χ3n) is 6.66. The molecule has 0 radical (unpaired) electrons. The Morgan fingerprint density at radius 2 is 1.78 bits per heavy atom. The highest BCUT2D eigenvalue weighted by molar-refractivity contribution is 6.15. The molecule has 0 aliphatic carbocycles. The van der Waals surface area contributed by atoms with E-state index in [1.54, 1.807) is 20.3 Å². The van der Waals surface area contributed by atoms with Crippen LogP contribution in [-0.4, -0.2) is 44.8 Å². The van der Waals surface area contributed by atoms with E-state index >= 15 is 0 Å². The van der Waals surface area contributed by atoms with Gasteiger partial charge in [-0.2, -0.15) is 0 Å². The highest BCUT2D eigenvalue weighted by atomic mass is 16.5. The summed E-state index contributed by atoms with van der Waals surface area (Å²) in [4.78, 5) is 15.4. The Morgan fingerprint density at radius 1 is 1.00 bits per heavy atom. The molecule has 2 heterocycles. The van der Waals surface area contributed by atoms with Gasteiger partial charge in [0.25, 0.3) is 0 Å². The molecule has 7 heteroatoms. The molecule has 0 aromatic heterocycles. The Kier molecular flexibility index (Phi) is 7.06. The Balaban J connectivity index is 1.30. The number of hydrogen-bond acceptors (Lipinski definition) is 7. The van der Waals surface area contributed by atoms with Gasteiger partial charge in [-0.25, -0.2) is 0 Å². The molecule has 3 aromatic carbocycles. The zero-order valence-electron chi connectivity index (χ0n) is 21.6. The minimum Gasteiger partial charge on any atom is -0.494 e. The van der Waals surface area contributed by atoms with Gasteiger partial charge in [0.1, 0.15) is 24.0 Å². The normalized spacial score (nSPS) is 15.6. The van der Waals surface area contributed by atoms with Crippen molar-refractivity contribution in [2.75, 3.05) is 34.1 Å². The molecule has 0 saturated heterocycles. The fourth-order valence-corrected chi connectivity index (χ4v) is 4.74. The number of carbonyl (C=O) groups excluding carboxylic acids is 1. The molecular formula is C30H31NO6. The number of fused-ring (bicyclic) bond motifs is 2. The first-order chi connectivity index (χ1) is 18.0. The van der Waals surface area contributed by atoms with Crippen molar-refractivity contribution in [2.24, 2.45) is 0 Å². The number of carbonyl (C=O) groups is 1. The maximum Gasteiger partial charge on any atom is 0.231 e. The maximum absolute atomic E-state index is 13.2. The minimum absolute atomic E-state index is 0.114. The molecule has 0 unspecified atom stereocenters. The predicted molar refractivity (Wildman–Crippen MR) is 141 cm³/mol. The van der Waals surface area contributed by atoms with E-state index in [-0.39, 0.29) is 5.78 Å². The summed E-state index contributed by atoms with van der Waals surface area (Å²) in [7, 11) is 3.27. The van der Waals surface area contributed by atoms with Gasteiger partial charge in [-0.3, -0.25) is 9.69 Å². The van der Waals surface area contributed by atoms with Crippen LogP contribution >= 0.6 is 0 Å². The predicted octanol–water partition coefficient (Wildman–Crippen LogP) is 5.42. The van der Waals surface area contributed by atoms with Crippen molar-refractivity contribution in [1.29, 1.82) is 0 Å². The van der Waals surface area contributed by atoms with Gasteiger partial charge in [0.2, 0.25) is 5.78 Å². The zero-order valence-corrected chi connectivity index (χ0v) is 21.6. The van der Waals surface area contributed by atoms with Crippen molar-refractivity contribution in [2.45, 2.75) is 26.8 Å². The number of hydrogen-bond donors (Lipinski definition) is 0. The summed E-state index contributed by atoms with van der Waals surface area (Å²) < 4.78 is 28.4. The van der Waals surface area contributed by atoms with Crippen molar-refractivity contribution in [3.05, 3.63) is 82.1 Å².